The predicted octanol–water partition coefficient (Wildman–Crippen LogP) is -1.10. The van der Waals surface area contributed by atoms with Crippen LogP contribution in [-0.4, -0.2) is 117 Å². The van der Waals surface area contributed by atoms with Gasteiger partial charge in [0.15, 0.2) is 6.29 Å². The van der Waals surface area contributed by atoms with Crippen molar-refractivity contribution < 1.29 is 54.4 Å². The summed E-state index contributed by atoms with van der Waals surface area (Å²) in [7, 11) is 0. The Balaban J connectivity index is 1.88. The Kier molecular flexibility index (Phi) is 10.1. The van der Waals surface area contributed by atoms with Crippen molar-refractivity contribution in [1.29, 1.82) is 0 Å². The van der Waals surface area contributed by atoms with Gasteiger partial charge < -0.3 is 55.3 Å². The van der Waals surface area contributed by atoms with Crippen LogP contribution >= 0.6 is 0 Å². The molecule has 0 radical (unpaired) electrons. The molecule has 0 bridgehead atoms. The van der Waals surface area contributed by atoms with Crippen molar-refractivity contribution in [2.75, 3.05) is 13.2 Å². The summed E-state index contributed by atoms with van der Waals surface area (Å²) in [6, 6.07) is 0. The quantitative estimate of drug-likeness (QED) is 0.193. The Morgan fingerprint density at radius 1 is 0.949 bits per heavy atom. The van der Waals surface area contributed by atoms with Crippen LogP contribution in [0.3, 0.4) is 0 Å². The minimum absolute atomic E-state index is 0.00873. The van der Waals surface area contributed by atoms with E-state index in [2.05, 4.69) is 0 Å². The highest BCUT2D eigenvalue weighted by molar-refractivity contribution is 5.78. The first-order valence-electron chi connectivity index (χ1n) is 13.9. The average molecular weight is 564 g/mol. The number of aliphatic hydroxyl groups excluding tert-OH is 6. The molecule has 12 nitrogen and oxygen atoms in total. The van der Waals surface area contributed by atoms with E-state index in [0.717, 1.165) is 0 Å². The lowest BCUT2D eigenvalue weighted by Crippen LogP contribution is -2.67. The molecule has 2 heterocycles. The number of carbonyl (C=O) groups is 1. The summed E-state index contributed by atoms with van der Waals surface area (Å²) < 4.78 is 23.5. The lowest BCUT2D eigenvalue weighted by molar-refractivity contribution is -0.337. The minimum Gasteiger partial charge on any atom is -0.459 e. The highest BCUT2D eigenvalue weighted by Crippen LogP contribution is 2.45. The SMILES string of the molecule is CC1CC(C)C(C2OC(CN)C(O)C(O)C2C)C(O)C1OC1OC(CO)C(O)C(C)(C(=O)OC(C)(C)C)C1O. The van der Waals surface area contributed by atoms with Gasteiger partial charge in [0.25, 0.3) is 0 Å². The summed E-state index contributed by atoms with van der Waals surface area (Å²) in [5.74, 6) is -2.18. The van der Waals surface area contributed by atoms with Gasteiger partial charge in [-0.1, -0.05) is 20.8 Å². The summed E-state index contributed by atoms with van der Waals surface area (Å²) in [5.41, 5.74) is 2.97. The molecule has 0 spiro atoms. The van der Waals surface area contributed by atoms with Crippen molar-refractivity contribution in [3.63, 3.8) is 0 Å². The first kappa shape index (κ1) is 32.6. The third kappa shape index (κ3) is 6.15. The molecule has 0 aromatic heterocycles. The fraction of sp³-hybridized carbons (Fsp3) is 0.963. The molecule has 15 unspecified atom stereocenters. The van der Waals surface area contributed by atoms with Crippen molar-refractivity contribution in [3.05, 3.63) is 0 Å². The number of hydrogen-bond acceptors (Lipinski definition) is 12. The Morgan fingerprint density at radius 2 is 1.56 bits per heavy atom. The molecule has 1 aliphatic carbocycles. The fourth-order valence-corrected chi connectivity index (χ4v) is 6.47. The Labute approximate surface area is 230 Å². The lowest BCUT2D eigenvalue weighted by atomic mass is 9.66. The van der Waals surface area contributed by atoms with Gasteiger partial charge >= 0.3 is 5.97 Å². The molecular weight excluding hydrogens is 514 g/mol. The van der Waals surface area contributed by atoms with Crippen LogP contribution in [0.5, 0.6) is 0 Å². The van der Waals surface area contributed by atoms with Gasteiger partial charge in [-0.2, -0.15) is 0 Å². The Hall–Kier alpha value is -0.930. The molecule has 1 saturated carbocycles. The van der Waals surface area contributed by atoms with Gasteiger partial charge in [-0.15, -0.1) is 0 Å². The van der Waals surface area contributed by atoms with Crippen LogP contribution in [-0.2, 0) is 23.7 Å². The Bertz CT molecular complexity index is 837. The molecule has 3 rings (SSSR count). The van der Waals surface area contributed by atoms with Gasteiger partial charge in [0, 0.05) is 18.4 Å². The maximum Gasteiger partial charge on any atom is 0.317 e. The third-order valence-corrected chi connectivity index (χ3v) is 8.88. The van der Waals surface area contributed by atoms with E-state index in [1.807, 2.05) is 13.8 Å². The van der Waals surface area contributed by atoms with E-state index in [4.69, 9.17) is 24.7 Å². The number of ether oxygens (including phenoxy) is 4. The van der Waals surface area contributed by atoms with E-state index in [9.17, 15) is 35.4 Å². The van der Waals surface area contributed by atoms with E-state index in [-0.39, 0.29) is 18.4 Å². The fourth-order valence-electron chi connectivity index (χ4n) is 6.47. The van der Waals surface area contributed by atoms with Gasteiger partial charge in [-0.05, 0) is 46.0 Å². The van der Waals surface area contributed by atoms with Crippen LogP contribution in [0.1, 0.15) is 54.9 Å². The molecule has 2 aliphatic heterocycles. The number of hydrogen-bond donors (Lipinski definition) is 7. The highest BCUT2D eigenvalue weighted by atomic mass is 16.7. The summed E-state index contributed by atoms with van der Waals surface area (Å²) in [5, 5.41) is 64.8. The number of aliphatic hydroxyl groups is 6. The monoisotopic (exact) mass is 563 g/mol. The standard InChI is InChI=1S/C27H49NO11/c1-11-8-12(2)20(19(32)16(11)21-13(3)17(30)18(31)14(9-28)36-21)38-24-23(34)27(7,22(33)15(10-29)37-24)25(35)39-26(4,5)6/h11-24,29-34H,8-10,28H2,1-7H3. The predicted molar refractivity (Wildman–Crippen MR) is 138 cm³/mol. The molecule has 2 saturated heterocycles. The van der Waals surface area contributed by atoms with Crippen LogP contribution in [0.15, 0.2) is 0 Å². The average Bonchev–Trinajstić information content (AvgIpc) is 2.85. The first-order valence-corrected chi connectivity index (χ1v) is 13.9. The highest BCUT2D eigenvalue weighted by Gasteiger charge is 2.61. The van der Waals surface area contributed by atoms with Crippen LogP contribution in [0, 0.1) is 29.1 Å². The second-order valence-corrected chi connectivity index (χ2v) is 13.0. The minimum atomic E-state index is -1.89. The Morgan fingerprint density at radius 3 is 2.10 bits per heavy atom. The van der Waals surface area contributed by atoms with E-state index >= 15 is 0 Å². The number of esters is 1. The zero-order valence-corrected chi connectivity index (χ0v) is 24.0. The molecule has 228 valence electrons. The normalized spacial score (nSPS) is 49.5. The summed E-state index contributed by atoms with van der Waals surface area (Å²) in [4.78, 5) is 13.2. The first-order chi connectivity index (χ1) is 18.0. The van der Waals surface area contributed by atoms with Crippen molar-refractivity contribution >= 4 is 5.97 Å². The maximum atomic E-state index is 13.2. The largest absolute Gasteiger partial charge is 0.459 e. The molecular formula is C27H49NO11. The van der Waals surface area contributed by atoms with E-state index in [1.54, 1.807) is 27.7 Å². The molecule has 8 N–H and O–H groups in total. The summed E-state index contributed by atoms with van der Waals surface area (Å²) in [6.45, 7) is 11.2. The topological polar surface area (TPSA) is 201 Å². The van der Waals surface area contributed by atoms with Crippen LogP contribution in [0.4, 0.5) is 0 Å². The molecule has 3 fully saturated rings. The van der Waals surface area contributed by atoms with Crippen LogP contribution < -0.4 is 5.73 Å². The van der Waals surface area contributed by atoms with Gasteiger partial charge in [0.05, 0.1) is 37.1 Å². The second kappa shape index (κ2) is 12.1. The molecule has 12 heteroatoms. The van der Waals surface area contributed by atoms with Gasteiger partial charge in [0.2, 0.25) is 0 Å². The van der Waals surface area contributed by atoms with Gasteiger partial charge in [-0.3, -0.25) is 4.79 Å². The molecule has 39 heavy (non-hydrogen) atoms. The lowest BCUT2D eigenvalue weighted by Gasteiger charge is -2.53. The van der Waals surface area contributed by atoms with Crippen LogP contribution in [0.25, 0.3) is 0 Å². The smallest absolute Gasteiger partial charge is 0.317 e. The second-order valence-electron chi connectivity index (χ2n) is 13.0. The molecule has 15 atom stereocenters. The van der Waals surface area contributed by atoms with Crippen molar-refractivity contribution in [1.82, 2.24) is 0 Å². The number of nitrogens with two attached hydrogens (primary N) is 1. The zero-order chi connectivity index (χ0) is 29.6. The van der Waals surface area contributed by atoms with E-state index < -0.39 is 96.7 Å². The molecule has 0 amide bonds. The van der Waals surface area contributed by atoms with E-state index in [0.29, 0.717) is 6.42 Å². The van der Waals surface area contributed by atoms with Crippen molar-refractivity contribution in [2.24, 2.45) is 34.8 Å². The van der Waals surface area contributed by atoms with Crippen LogP contribution in [0.2, 0.25) is 0 Å². The maximum absolute atomic E-state index is 13.2. The number of rotatable bonds is 6. The molecule has 3 aliphatic rings. The van der Waals surface area contributed by atoms with Crippen molar-refractivity contribution in [2.45, 2.75) is 122 Å². The number of carbonyl (C=O) groups excluding carboxylic acids is 1. The molecule has 0 aromatic rings. The van der Waals surface area contributed by atoms with Crippen molar-refractivity contribution in [3.8, 4) is 0 Å². The summed E-state index contributed by atoms with van der Waals surface area (Å²) in [6.07, 6.45) is -11.1. The third-order valence-electron chi connectivity index (χ3n) is 8.88. The van der Waals surface area contributed by atoms with E-state index in [1.165, 1.54) is 6.92 Å². The summed E-state index contributed by atoms with van der Waals surface area (Å²) >= 11 is 0. The van der Waals surface area contributed by atoms with Gasteiger partial charge in [-0.25, -0.2) is 0 Å². The van der Waals surface area contributed by atoms with Gasteiger partial charge in [0.1, 0.15) is 35.4 Å². The molecule has 0 aromatic carbocycles. The zero-order valence-electron chi connectivity index (χ0n) is 24.0.